The van der Waals surface area contributed by atoms with Crippen LogP contribution in [0.3, 0.4) is 0 Å². The Morgan fingerprint density at radius 2 is 2.00 bits per heavy atom. The fraction of sp³-hybridized carbons (Fsp3) is 0.474. The Labute approximate surface area is 178 Å². The monoisotopic (exact) mass is 487 g/mol. The Morgan fingerprint density at radius 3 is 2.73 bits per heavy atom. The number of aromatic nitrogens is 2. The third-order valence-corrected chi connectivity index (χ3v) is 4.48. The number of hydrogen-bond acceptors (Lipinski definition) is 3. The molecule has 2 rings (SSSR count). The van der Waals surface area contributed by atoms with Gasteiger partial charge in [-0.2, -0.15) is 11.8 Å². The highest BCUT2D eigenvalue weighted by Gasteiger charge is 2.04. The summed E-state index contributed by atoms with van der Waals surface area (Å²) in [5, 5.41) is 6.71. The molecule has 26 heavy (non-hydrogen) atoms. The summed E-state index contributed by atoms with van der Waals surface area (Å²) in [7, 11) is 0. The van der Waals surface area contributed by atoms with Crippen LogP contribution in [0.1, 0.15) is 31.2 Å². The minimum absolute atomic E-state index is 0. The van der Waals surface area contributed by atoms with E-state index in [2.05, 4.69) is 62.6 Å². The second-order valence-corrected chi connectivity index (χ2v) is 6.76. The van der Waals surface area contributed by atoms with Crippen molar-refractivity contribution in [3.63, 3.8) is 0 Å². The van der Waals surface area contributed by atoms with Gasteiger partial charge in [0.15, 0.2) is 5.96 Å². The first kappa shape index (κ1) is 22.8. The lowest BCUT2D eigenvalue weighted by molar-refractivity contribution is 0.708. The lowest BCUT2D eigenvalue weighted by Crippen LogP contribution is -2.37. The van der Waals surface area contributed by atoms with Crippen LogP contribution in [-0.2, 0) is 13.1 Å². The molecule has 0 aliphatic carbocycles. The molecule has 0 aliphatic rings. The Balaban J connectivity index is 0.00000338. The first-order valence-corrected chi connectivity index (χ1v) is 10.3. The van der Waals surface area contributed by atoms with Gasteiger partial charge in [-0.3, -0.25) is 0 Å². The lowest BCUT2D eigenvalue weighted by atomic mass is 10.2. The molecule has 0 saturated carbocycles. The van der Waals surface area contributed by atoms with E-state index in [0.29, 0.717) is 6.54 Å². The number of nitrogens with one attached hydrogen (secondary N) is 2. The number of benzene rings is 1. The highest BCUT2D eigenvalue weighted by Crippen LogP contribution is 2.06. The number of thioether (sulfide) groups is 1. The molecule has 0 aliphatic heterocycles. The van der Waals surface area contributed by atoms with E-state index in [1.807, 2.05) is 30.2 Å². The topological polar surface area (TPSA) is 54.2 Å². The van der Waals surface area contributed by atoms with Crippen molar-refractivity contribution in [2.24, 2.45) is 4.99 Å². The van der Waals surface area contributed by atoms with Crippen molar-refractivity contribution in [1.82, 2.24) is 20.2 Å². The molecular formula is C19H30IN5S. The molecule has 1 aromatic heterocycles. The van der Waals surface area contributed by atoms with E-state index in [0.717, 1.165) is 37.8 Å². The third kappa shape index (κ3) is 8.44. The van der Waals surface area contributed by atoms with E-state index in [1.54, 1.807) is 0 Å². The van der Waals surface area contributed by atoms with Gasteiger partial charge in [0.1, 0.15) is 12.4 Å². The molecule has 0 atom stereocenters. The SMILES string of the molecule is CCNC(=NCc1nccn1Cc1ccccc1)NCCCCSC.I. The van der Waals surface area contributed by atoms with Crippen molar-refractivity contribution in [3.8, 4) is 0 Å². The normalized spacial score (nSPS) is 11.1. The maximum Gasteiger partial charge on any atom is 0.191 e. The number of guanidine groups is 1. The van der Waals surface area contributed by atoms with Crippen LogP contribution in [0.2, 0.25) is 0 Å². The van der Waals surface area contributed by atoms with Crippen LogP contribution >= 0.6 is 35.7 Å². The van der Waals surface area contributed by atoms with Crippen molar-refractivity contribution < 1.29 is 0 Å². The molecule has 7 heteroatoms. The van der Waals surface area contributed by atoms with Crippen LogP contribution in [0.5, 0.6) is 0 Å². The zero-order valence-electron chi connectivity index (χ0n) is 15.6. The van der Waals surface area contributed by atoms with Crippen molar-refractivity contribution in [2.75, 3.05) is 25.1 Å². The van der Waals surface area contributed by atoms with Crippen LogP contribution in [0.15, 0.2) is 47.7 Å². The molecular weight excluding hydrogens is 457 g/mol. The van der Waals surface area contributed by atoms with Crippen molar-refractivity contribution in [3.05, 3.63) is 54.1 Å². The summed E-state index contributed by atoms with van der Waals surface area (Å²) in [6.07, 6.45) is 8.40. The predicted octanol–water partition coefficient (Wildman–Crippen LogP) is 3.75. The Bertz CT molecular complexity index is 630. The zero-order chi connectivity index (χ0) is 17.7. The van der Waals surface area contributed by atoms with Gasteiger partial charge in [-0.25, -0.2) is 9.98 Å². The van der Waals surface area contributed by atoms with E-state index in [1.165, 1.54) is 17.7 Å². The van der Waals surface area contributed by atoms with E-state index in [9.17, 15) is 0 Å². The molecule has 2 aromatic rings. The highest BCUT2D eigenvalue weighted by molar-refractivity contribution is 14.0. The Kier molecular flexibility index (Phi) is 12.2. The summed E-state index contributed by atoms with van der Waals surface area (Å²) in [6.45, 7) is 5.28. The average molecular weight is 487 g/mol. The first-order valence-electron chi connectivity index (χ1n) is 8.88. The standard InChI is InChI=1S/C19H29N5S.HI/c1-3-20-19(22-11-7-8-14-25-2)23-15-18-21-12-13-24(18)16-17-9-5-4-6-10-17;/h4-6,9-10,12-13H,3,7-8,11,14-16H2,1-2H3,(H2,20,22,23);1H. The minimum Gasteiger partial charge on any atom is -0.357 e. The highest BCUT2D eigenvalue weighted by atomic mass is 127. The molecule has 0 unspecified atom stereocenters. The number of aliphatic imine (C=N–C) groups is 1. The maximum absolute atomic E-state index is 4.68. The van der Waals surface area contributed by atoms with Gasteiger partial charge in [-0.1, -0.05) is 30.3 Å². The van der Waals surface area contributed by atoms with Gasteiger partial charge in [0.2, 0.25) is 0 Å². The van der Waals surface area contributed by atoms with Crippen molar-refractivity contribution >= 4 is 41.7 Å². The summed E-state index contributed by atoms with van der Waals surface area (Å²) >= 11 is 1.90. The average Bonchev–Trinajstić information content (AvgIpc) is 3.07. The molecule has 0 spiro atoms. The molecule has 0 fully saturated rings. The van der Waals surface area contributed by atoms with Crippen LogP contribution in [0, 0.1) is 0 Å². The van der Waals surface area contributed by atoms with E-state index in [-0.39, 0.29) is 24.0 Å². The number of imidazole rings is 1. The van der Waals surface area contributed by atoms with E-state index < -0.39 is 0 Å². The van der Waals surface area contributed by atoms with Crippen molar-refractivity contribution in [1.29, 1.82) is 0 Å². The molecule has 0 saturated heterocycles. The summed E-state index contributed by atoms with van der Waals surface area (Å²) in [4.78, 5) is 9.14. The minimum atomic E-state index is 0. The molecule has 0 amide bonds. The van der Waals surface area contributed by atoms with Crippen LogP contribution in [0.25, 0.3) is 0 Å². The quantitative estimate of drug-likeness (QED) is 0.232. The first-order chi connectivity index (χ1) is 12.3. The fourth-order valence-electron chi connectivity index (χ4n) is 2.49. The molecule has 0 radical (unpaired) electrons. The van der Waals surface area contributed by atoms with Gasteiger partial charge in [0.05, 0.1) is 0 Å². The van der Waals surface area contributed by atoms with Gasteiger partial charge < -0.3 is 15.2 Å². The Morgan fingerprint density at radius 1 is 1.19 bits per heavy atom. The smallest absolute Gasteiger partial charge is 0.191 e. The summed E-state index contributed by atoms with van der Waals surface area (Å²) in [5.41, 5.74) is 1.27. The second kappa shape index (κ2) is 13.9. The molecule has 2 N–H and O–H groups in total. The van der Waals surface area contributed by atoms with Crippen LogP contribution < -0.4 is 10.6 Å². The summed E-state index contributed by atoms with van der Waals surface area (Å²) in [6, 6.07) is 10.4. The molecule has 144 valence electrons. The van der Waals surface area contributed by atoms with Crippen molar-refractivity contribution in [2.45, 2.75) is 32.9 Å². The van der Waals surface area contributed by atoms with Gasteiger partial charge in [-0.15, -0.1) is 24.0 Å². The number of halogens is 1. The number of hydrogen-bond donors (Lipinski definition) is 2. The predicted molar refractivity (Wildman–Crippen MR) is 124 cm³/mol. The third-order valence-electron chi connectivity index (χ3n) is 3.79. The lowest BCUT2D eigenvalue weighted by Gasteiger charge is -2.11. The van der Waals surface area contributed by atoms with E-state index in [4.69, 9.17) is 0 Å². The Hall–Kier alpha value is -1.22. The largest absolute Gasteiger partial charge is 0.357 e. The van der Waals surface area contributed by atoms with Gasteiger partial charge in [0.25, 0.3) is 0 Å². The maximum atomic E-state index is 4.68. The number of nitrogens with zero attached hydrogens (tertiary/aromatic N) is 3. The molecule has 5 nitrogen and oxygen atoms in total. The molecule has 0 bridgehead atoms. The number of rotatable bonds is 10. The van der Waals surface area contributed by atoms with Gasteiger partial charge in [-0.05, 0) is 37.3 Å². The fourth-order valence-corrected chi connectivity index (χ4v) is 2.98. The second-order valence-electron chi connectivity index (χ2n) is 5.78. The van der Waals surface area contributed by atoms with Gasteiger partial charge in [0, 0.05) is 32.0 Å². The number of unbranched alkanes of at least 4 members (excludes halogenated alkanes) is 1. The van der Waals surface area contributed by atoms with Gasteiger partial charge >= 0.3 is 0 Å². The molecule has 1 aromatic carbocycles. The van der Waals surface area contributed by atoms with Crippen LogP contribution in [-0.4, -0.2) is 40.6 Å². The summed E-state index contributed by atoms with van der Waals surface area (Å²) in [5.74, 6) is 3.05. The zero-order valence-corrected chi connectivity index (χ0v) is 18.8. The summed E-state index contributed by atoms with van der Waals surface area (Å²) < 4.78 is 2.15. The molecule has 1 heterocycles. The van der Waals surface area contributed by atoms with Crippen LogP contribution in [0.4, 0.5) is 0 Å². The van der Waals surface area contributed by atoms with E-state index >= 15 is 0 Å².